The van der Waals surface area contributed by atoms with Crippen LogP contribution in [0.5, 0.6) is 0 Å². The van der Waals surface area contributed by atoms with Crippen molar-refractivity contribution in [3.05, 3.63) is 34.3 Å². The van der Waals surface area contributed by atoms with Crippen LogP contribution in [0, 0.1) is 5.92 Å². The van der Waals surface area contributed by atoms with Gasteiger partial charge in [-0.1, -0.05) is 32.4 Å². The quantitative estimate of drug-likeness (QED) is 0.684. The average molecular weight is 251 g/mol. The lowest BCUT2D eigenvalue weighted by atomic mass is 9.89. The zero-order valence-electron chi connectivity index (χ0n) is 9.40. The second-order valence-electron chi connectivity index (χ2n) is 4.27. The first-order chi connectivity index (χ1) is 7.23. The molecule has 1 aromatic rings. The average Bonchev–Trinajstić information content (AvgIpc) is 2.15. The third kappa shape index (κ3) is 2.91. The first-order valence-electron chi connectivity index (χ1n) is 5.10. The lowest BCUT2D eigenvalue weighted by molar-refractivity contribution is -0.137. The summed E-state index contributed by atoms with van der Waals surface area (Å²) in [7, 11) is 0. The van der Waals surface area contributed by atoms with E-state index in [1.54, 1.807) is 0 Å². The standard InChI is InChI=1S/C12H14ClF3/c1-7(2)8(3)10-6-9(12(14,15)16)4-5-11(10)13/h4-8H,1-3H3. The van der Waals surface area contributed by atoms with Gasteiger partial charge in [0, 0.05) is 5.02 Å². The van der Waals surface area contributed by atoms with Gasteiger partial charge in [0.25, 0.3) is 0 Å². The van der Waals surface area contributed by atoms with Crippen LogP contribution in [-0.4, -0.2) is 0 Å². The Bertz CT molecular complexity index is 369. The fourth-order valence-electron chi connectivity index (χ4n) is 1.43. The molecule has 1 atom stereocenters. The van der Waals surface area contributed by atoms with E-state index in [4.69, 9.17) is 11.6 Å². The molecule has 0 aromatic heterocycles. The van der Waals surface area contributed by atoms with Crippen molar-refractivity contribution in [1.29, 1.82) is 0 Å². The van der Waals surface area contributed by atoms with Crippen molar-refractivity contribution in [3.63, 3.8) is 0 Å². The minimum Gasteiger partial charge on any atom is -0.166 e. The predicted octanol–water partition coefficient (Wildman–Crippen LogP) is 5.12. The summed E-state index contributed by atoms with van der Waals surface area (Å²) in [6, 6.07) is 3.48. The van der Waals surface area contributed by atoms with Crippen LogP contribution in [0.3, 0.4) is 0 Å². The van der Waals surface area contributed by atoms with Gasteiger partial charge in [-0.25, -0.2) is 0 Å². The SMILES string of the molecule is CC(C)C(C)c1cc(C(F)(F)F)ccc1Cl. The fourth-order valence-corrected chi connectivity index (χ4v) is 1.72. The number of rotatable bonds is 2. The molecule has 4 heteroatoms. The summed E-state index contributed by atoms with van der Waals surface area (Å²) in [5.41, 5.74) is -0.0779. The number of benzene rings is 1. The molecule has 1 aromatic carbocycles. The van der Waals surface area contributed by atoms with Gasteiger partial charge in [0.15, 0.2) is 0 Å². The highest BCUT2D eigenvalue weighted by Gasteiger charge is 2.31. The Morgan fingerprint density at radius 3 is 2.12 bits per heavy atom. The van der Waals surface area contributed by atoms with Gasteiger partial charge in [0.2, 0.25) is 0 Å². The van der Waals surface area contributed by atoms with E-state index in [-0.39, 0.29) is 11.8 Å². The van der Waals surface area contributed by atoms with Crippen LogP contribution >= 0.6 is 11.6 Å². The second kappa shape index (κ2) is 4.66. The number of alkyl halides is 3. The molecule has 0 aliphatic rings. The Morgan fingerprint density at radius 1 is 1.12 bits per heavy atom. The second-order valence-corrected chi connectivity index (χ2v) is 4.67. The molecule has 0 aliphatic carbocycles. The molecule has 0 N–H and O–H groups in total. The summed E-state index contributed by atoms with van der Waals surface area (Å²) < 4.78 is 37.6. The van der Waals surface area contributed by atoms with Crippen LogP contribution in [-0.2, 0) is 6.18 Å². The van der Waals surface area contributed by atoms with Crippen LogP contribution in [0.1, 0.15) is 37.8 Å². The molecule has 0 saturated carbocycles. The van der Waals surface area contributed by atoms with Gasteiger partial charge >= 0.3 is 6.18 Å². The Kier molecular flexibility index (Phi) is 3.89. The molecule has 0 fully saturated rings. The number of hydrogen-bond donors (Lipinski definition) is 0. The van der Waals surface area contributed by atoms with Gasteiger partial charge in [-0.2, -0.15) is 13.2 Å². The van der Waals surface area contributed by atoms with E-state index in [1.165, 1.54) is 6.07 Å². The predicted molar refractivity (Wildman–Crippen MR) is 59.7 cm³/mol. The zero-order valence-corrected chi connectivity index (χ0v) is 10.2. The third-order valence-electron chi connectivity index (χ3n) is 2.81. The molecule has 0 amide bonds. The van der Waals surface area contributed by atoms with Crippen molar-refractivity contribution in [3.8, 4) is 0 Å². The van der Waals surface area contributed by atoms with Gasteiger partial charge in [0.05, 0.1) is 5.56 Å². The Balaban J connectivity index is 3.19. The topological polar surface area (TPSA) is 0 Å². The van der Waals surface area contributed by atoms with Gasteiger partial charge in [-0.15, -0.1) is 0 Å². The number of halogens is 4. The van der Waals surface area contributed by atoms with E-state index in [2.05, 4.69) is 0 Å². The molecule has 0 bridgehead atoms. The van der Waals surface area contributed by atoms with Crippen molar-refractivity contribution in [2.45, 2.75) is 32.9 Å². The minimum absolute atomic E-state index is 0.00907. The summed E-state index contributed by atoms with van der Waals surface area (Å²) in [6.45, 7) is 5.80. The highest BCUT2D eigenvalue weighted by Crippen LogP contribution is 2.36. The van der Waals surface area contributed by atoms with Gasteiger partial charge in [-0.05, 0) is 35.6 Å². The highest BCUT2D eigenvalue weighted by atomic mass is 35.5. The van der Waals surface area contributed by atoms with E-state index in [1.807, 2.05) is 20.8 Å². The van der Waals surface area contributed by atoms with Crippen molar-refractivity contribution in [2.24, 2.45) is 5.92 Å². The summed E-state index contributed by atoms with van der Waals surface area (Å²) >= 11 is 5.92. The summed E-state index contributed by atoms with van der Waals surface area (Å²) in [6.07, 6.45) is -4.31. The van der Waals surface area contributed by atoms with E-state index in [9.17, 15) is 13.2 Å². The summed E-state index contributed by atoms with van der Waals surface area (Å²) in [5.74, 6) is 0.260. The highest BCUT2D eigenvalue weighted by molar-refractivity contribution is 6.31. The first-order valence-corrected chi connectivity index (χ1v) is 5.48. The van der Waals surface area contributed by atoms with Gasteiger partial charge < -0.3 is 0 Å². The lowest BCUT2D eigenvalue weighted by Gasteiger charge is -2.19. The third-order valence-corrected chi connectivity index (χ3v) is 3.16. The van der Waals surface area contributed by atoms with E-state index in [0.717, 1.165) is 12.1 Å². The summed E-state index contributed by atoms with van der Waals surface area (Å²) in [4.78, 5) is 0. The Labute approximate surface area is 98.4 Å². The molecule has 90 valence electrons. The molecule has 1 unspecified atom stereocenters. The molecular formula is C12H14ClF3. The fraction of sp³-hybridized carbons (Fsp3) is 0.500. The van der Waals surface area contributed by atoms with Crippen LogP contribution in [0.2, 0.25) is 5.02 Å². The summed E-state index contributed by atoms with van der Waals surface area (Å²) in [5, 5.41) is 0.397. The van der Waals surface area contributed by atoms with Crippen LogP contribution in [0.4, 0.5) is 13.2 Å². The van der Waals surface area contributed by atoms with Crippen molar-refractivity contribution in [2.75, 3.05) is 0 Å². The molecule has 0 saturated heterocycles. The maximum absolute atomic E-state index is 12.5. The lowest BCUT2D eigenvalue weighted by Crippen LogP contribution is -2.08. The van der Waals surface area contributed by atoms with Gasteiger partial charge in [-0.3, -0.25) is 0 Å². The molecule has 0 aliphatic heterocycles. The molecule has 0 nitrogen and oxygen atoms in total. The van der Waals surface area contributed by atoms with Crippen molar-refractivity contribution in [1.82, 2.24) is 0 Å². The molecule has 0 spiro atoms. The van der Waals surface area contributed by atoms with Crippen molar-refractivity contribution >= 4 is 11.6 Å². The Hall–Kier alpha value is -0.700. The Morgan fingerprint density at radius 2 is 1.69 bits per heavy atom. The number of hydrogen-bond acceptors (Lipinski definition) is 0. The van der Waals surface area contributed by atoms with Gasteiger partial charge in [0.1, 0.15) is 0 Å². The van der Waals surface area contributed by atoms with E-state index >= 15 is 0 Å². The maximum Gasteiger partial charge on any atom is 0.416 e. The van der Waals surface area contributed by atoms with Crippen LogP contribution in [0.25, 0.3) is 0 Å². The largest absolute Gasteiger partial charge is 0.416 e. The zero-order chi connectivity index (χ0) is 12.5. The van der Waals surface area contributed by atoms with Crippen LogP contribution < -0.4 is 0 Å². The molecule has 1 rings (SSSR count). The molecule has 0 radical (unpaired) electrons. The van der Waals surface area contributed by atoms with Crippen molar-refractivity contribution < 1.29 is 13.2 Å². The molecule has 16 heavy (non-hydrogen) atoms. The molecule has 0 heterocycles. The first kappa shape index (κ1) is 13.4. The monoisotopic (exact) mass is 250 g/mol. The molecular weight excluding hydrogens is 237 g/mol. The van der Waals surface area contributed by atoms with Crippen LogP contribution in [0.15, 0.2) is 18.2 Å². The van der Waals surface area contributed by atoms with E-state index in [0.29, 0.717) is 10.6 Å². The smallest absolute Gasteiger partial charge is 0.166 e. The maximum atomic E-state index is 12.5. The normalized spacial score (nSPS) is 14.2. The van der Waals surface area contributed by atoms with E-state index < -0.39 is 11.7 Å². The minimum atomic E-state index is -4.31.